The first-order valence-electron chi connectivity index (χ1n) is 32.7. The molecule has 0 unspecified atom stereocenters. The SMILES string of the molecule is CCCCCCCCC(=O)OCCOC(=O)CCN(CCCCN(C)C)C(CCCCCCCCC(=O)OC(CCCCCC)CCCCCC)CCCCCCCCC(=O)OC(CCCCCC)CCCCCC. The molecule has 10 nitrogen and oxygen atoms in total. The molecule has 0 spiro atoms. The fourth-order valence-corrected chi connectivity index (χ4v) is 10.4. The van der Waals surface area contributed by atoms with Crippen molar-refractivity contribution in [2.24, 2.45) is 0 Å². The minimum absolute atomic E-state index is 0.00406. The summed E-state index contributed by atoms with van der Waals surface area (Å²) in [7, 11) is 4.26. The molecule has 0 fully saturated rings. The largest absolute Gasteiger partial charge is 0.462 e. The molecule has 0 heterocycles. The third-order valence-electron chi connectivity index (χ3n) is 15.2. The van der Waals surface area contributed by atoms with Crippen LogP contribution in [0.1, 0.15) is 330 Å². The number of nitrogens with zero attached hydrogens (tertiary/aromatic N) is 2. The number of carbonyl (C=O) groups is 4. The number of hydrogen-bond acceptors (Lipinski definition) is 10. The summed E-state index contributed by atoms with van der Waals surface area (Å²) < 4.78 is 23.1. The Balaban J connectivity index is 5.31. The highest BCUT2D eigenvalue weighted by molar-refractivity contribution is 5.70. The van der Waals surface area contributed by atoms with Crippen molar-refractivity contribution in [3.8, 4) is 0 Å². The van der Waals surface area contributed by atoms with Crippen LogP contribution in [0.25, 0.3) is 0 Å². The van der Waals surface area contributed by atoms with E-state index in [9.17, 15) is 19.2 Å². The predicted molar refractivity (Wildman–Crippen MR) is 316 cm³/mol. The molecule has 75 heavy (non-hydrogen) atoms. The minimum Gasteiger partial charge on any atom is -0.462 e. The third kappa shape index (κ3) is 51.0. The molecule has 0 aliphatic rings. The maximum absolute atomic E-state index is 13.1. The fourth-order valence-electron chi connectivity index (χ4n) is 10.4. The molecule has 0 aliphatic carbocycles. The predicted octanol–water partition coefficient (Wildman–Crippen LogP) is 18.2. The monoisotopic (exact) mass is 1060 g/mol. The summed E-state index contributed by atoms with van der Waals surface area (Å²) >= 11 is 0. The van der Waals surface area contributed by atoms with Crippen LogP contribution in [0.5, 0.6) is 0 Å². The molecule has 0 aliphatic heterocycles. The Morgan fingerprint density at radius 2 is 0.600 bits per heavy atom. The van der Waals surface area contributed by atoms with E-state index < -0.39 is 0 Å². The Hall–Kier alpha value is -2.20. The first-order chi connectivity index (χ1) is 36.6. The lowest BCUT2D eigenvalue weighted by molar-refractivity contribution is -0.152. The van der Waals surface area contributed by atoms with Crippen LogP contribution in [0.4, 0.5) is 0 Å². The Morgan fingerprint density at radius 3 is 0.973 bits per heavy atom. The molecule has 0 radical (unpaired) electrons. The van der Waals surface area contributed by atoms with Crippen molar-refractivity contribution in [1.29, 1.82) is 0 Å². The van der Waals surface area contributed by atoms with E-state index in [4.69, 9.17) is 18.9 Å². The van der Waals surface area contributed by atoms with E-state index in [0.717, 1.165) is 161 Å². The second-order valence-electron chi connectivity index (χ2n) is 22.8. The second kappa shape index (κ2) is 56.5. The zero-order chi connectivity index (χ0) is 55.1. The average Bonchev–Trinajstić information content (AvgIpc) is 3.39. The van der Waals surface area contributed by atoms with Gasteiger partial charge in [0.2, 0.25) is 0 Å². The standard InChI is InChI=1S/C65H126N2O8/c1-8-13-18-23-30-39-50-62(68)72-57-58-73-63(69)53-56-67(55-43-42-54-66(6)7)59(44-33-28-24-26-31-40-51-64(70)74-60(46-35-19-14-9-2)47-36-20-15-10-3)45-34-29-25-27-32-41-52-65(71)75-61(48-37-21-16-11-4)49-38-22-17-12-5/h59-61H,8-58H2,1-7H3. The van der Waals surface area contributed by atoms with E-state index >= 15 is 0 Å². The van der Waals surface area contributed by atoms with Crippen LogP contribution >= 0.6 is 0 Å². The van der Waals surface area contributed by atoms with Gasteiger partial charge in [0.25, 0.3) is 0 Å². The molecule has 0 amide bonds. The molecule has 444 valence electrons. The van der Waals surface area contributed by atoms with Gasteiger partial charge < -0.3 is 23.8 Å². The van der Waals surface area contributed by atoms with E-state index in [-0.39, 0.29) is 49.3 Å². The van der Waals surface area contributed by atoms with Gasteiger partial charge in [0, 0.05) is 31.8 Å². The van der Waals surface area contributed by atoms with Crippen LogP contribution in [-0.2, 0) is 38.1 Å². The van der Waals surface area contributed by atoms with Gasteiger partial charge in [0.05, 0.1) is 6.42 Å². The van der Waals surface area contributed by atoms with Crippen molar-refractivity contribution in [3.05, 3.63) is 0 Å². The highest BCUT2D eigenvalue weighted by Gasteiger charge is 2.21. The van der Waals surface area contributed by atoms with Crippen molar-refractivity contribution >= 4 is 23.9 Å². The topological polar surface area (TPSA) is 112 Å². The molecule has 10 heteroatoms. The lowest BCUT2D eigenvalue weighted by atomic mass is 9.98. The van der Waals surface area contributed by atoms with Crippen LogP contribution in [0.2, 0.25) is 0 Å². The van der Waals surface area contributed by atoms with Crippen LogP contribution in [0, 0.1) is 0 Å². The van der Waals surface area contributed by atoms with E-state index in [0.29, 0.717) is 38.3 Å². The van der Waals surface area contributed by atoms with Crippen molar-refractivity contribution in [2.75, 3.05) is 46.9 Å². The third-order valence-corrected chi connectivity index (χ3v) is 15.2. The van der Waals surface area contributed by atoms with Gasteiger partial charge in [-0.05, 0) is 123 Å². The van der Waals surface area contributed by atoms with Gasteiger partial charge in [0.15, 0.2) is 0 Å². The Labute approximate surface area is 465 Å². The maximum Gasteiger partial charge on any atom is 0.307 e. The van der Waals surface area contributed by atoms with E-state index in [1.54, 1.807) is 0 Å². The molecule has 0 atom stereocenters. The molecule has 0 bridgehead atoms. The molecule has 0 N–H and O–H groups in total. The molecular weight excluding hydrogens is 937 g/mol. The molecule has 0 aromatic rings. The van der Waals surface area contributed by atoms with Crippen molar-refractivity contribution in [3.63, 3.8) is 0 Å². The Kier molecular flexibility index (Phi) is 54.9. The van der Waals surface area contributed by atoms with Crippen molar-refractivity contribution < 1.29 is 38.1 Å². The number of hydrogen-bond donors (Lipinski definition) is 0. The molecule has 0 aromatic carbocycles. The number of esters is 4. The molecular formula is C65H126N2O8. The summed E-state index contributed by atoms with van der Waals surface area (Å²) in [5.74, 6) is -0.440. The number of ether oxygens (including phenoxy) is 4. The maximum atomic E-state index is 13.1. The van der Waals surface area contributed by atoms with Crippen LogP contribution in [0.15, 0.2) is 0 Å². The first-order valence-corrected chi connectivity index (χ1v) is 32.7. The van der Waals surface area contributed by atoms with Crippen LogP contribution in [-0.4, -0.2) is 98.9 Å². The number of unbranched alkanes of at least 4 members (excludes halogenated alkanes) is 28. The van der Waals surface area contributed by atoms with Gasteiger partial charge in [-0.3, -0.25) is 24.1 Å². The van der Waals surface area contributed by atoms with E-state index in [1.165, 1.54) is 122 Å². The van der Waals surface area contributed by atoms with Crippen LogP contribution < -0.4 is 0 Å². The quantitative estimate of drug-likeness (QED) is 0.0332. The zero-order valence-electron chi connectivity index (χ0n) is 51.0. The molecule has 0 saturated heterocycles. The number of carbonyl (C=O) groups excluding carboxylic acids is 4. The summed E-state index contributed by atoms with van der Waals surface area (Å²) in [5.41, 5.74) is 0. The highest BCUT2D eigenvalue weighted by atomic mass is 16.6. The molecule has 0 saturated carbocycles. The van der Waals surface area contributed by atoms with E-state index in [1.807, 2.05) is 0 Å². The smallest absolute Gasteiger partial charge is 0.307 e. The zero-order valence-corrected chi connectivity index (χ0v) is 51.0. The lowest BCUT2D eigenvalue weighted by Crippen LogP contribution is -2.38. The van der Waals surface area contributed by atoms with Crippen LogP contribution in [0.3, 0.4) is 0 Å². The molecule has 0 aromatic heterocycles. The van der Waals surface area contributed by atoms with E-state index in [2.05, 4.69) is 58.5 Å². The summed E-state index contributed by atoms with van der Waals surface area (Å²) in [4.78, 5) is 56.0. The number of rotatable bonds is 59. The molecule has 0 rings (SSSR count). The Bertz CT molecular complexity index is 1180. The van der Waals surface area contributed by atoms with Gasteiger partial charge >= 0.3 is 23.9 Å². The summed E-state index contributed by atoms with van der Waals surface area (Å²) in [6.07, 6.45) is 49.8. The first kappa shape index (κ1) is 72.8. The van der Waals surface area contributed by atoms with Gasteiger partial charge in [-0.1, -0.05) is 208 Å². The summed E-state index contributed by atoms with van der Waals surface area (Å²) in [5, 5.41) is 0. The summed E-state index contributed by atoms with van der Waals surface area (Å²) in [6.45, 7) is 14.1. The van der Waals surface area contributed by atoms with Crippen molar-refractivity contribution in [1.82, 2.24) is 9.80 Å². The lowest BCUT2D eigenvalue weighted by Gasteiger charge is -2.32. The Morgan fingerprint density at radius 1 is 0.307 bits per heavy atom. The average molecular weight is 1060 g/mol. The van der Waals surface area contributed by atoms with Gasteiger partial charge in [0.1, 0.15) is 25.4 Å². The second-order valence-corrected chi connectivity index (χ2v) is 22.8. The highest BCUT2D eigenvalue weighted by Crippen LogP contribution is 2.23. The van der Waals surface area contributed by atoms with Gasteiger partial charge in [-0.25, -0.2) is 0 Å². The van der Waals surface area contributed by atoms with Gasteiger partial charge in [-0.15, -0.1) is 0 Å². The fraction of sp³-hybridized carbons (Fsp3) is 0.938. The van der Waals surface area contributed by atoms with Gasteiger partial charge in [-0.2, -0.15) is 0 Å². The van der Waals surface area contributed by atoms with Crippen molar-refractivity contribution in [2.45, 2.75) is 348 Å². The minimum atomic E-state index is -0.226. The summed E-state index contributed by atoms with van der Waals surface area (Å²) in [6, 6.07) is 0.401. The normalized spacial score (nSPS) is 11.7.